The van der Waals surface area contributed by atoms with Crippen LogP contribution in [0, 0.1) is 5.82 Å². The van der Waals surface area contributed by atoms with Gasteiger partial charge in [-0.15, -0.1) is 0 Å². The Balaban J connectivity index is 1.15. The van der Waals surface area contributed by atoms with Crippen LogP contribution in [-0.2, 0) is 19.4 Å². The fourth-order valence-corrected chi connectivity index (χ4v) is 8.56. The number of rotatable bonds is 6. The van der Waals surface area contributed by atoms with Gasteiger partial charge in [-0.25, -0.2) is 8.78 Å². The Hall–Kier alpha value is -3.04. The van der Waals surface area contributed by atoms with Crippen molar-refractivity contribution in [2.45, 2.75) is 82.2 Å². The zero-order valence-corrected chi connectivity index (χ0v) is 24.4. The molecule has 2 aromatic carbocycles. The van der Waals surface area contributed by atoms with Gasteiger partial charge in [0.2, 0.25) is 0 Å². The summed E-state index contributed by atoms with van der Waals surface area (Å²) in [6, 6.07) is 11.1. The third-order valence-corrected chi connectivity index (χ3v) is 10.5. The van der Waals surface area contributed by atoms with E-state index in [4.69, 9.17) is 14.7 Å². The maximum absolute atomic E-state index is 14.9. The lowest BCUT2D eigenvalue weighted by Gasteiger charge is -2.38. The van der Waals surface area contributed by atoms with Gasteiger partial charge >= 0.3 is 6.01 Å². The van der Waals surface area contributed by atoms with E-state index < -0.39 is 6.17 Å². The predicted octanol–water partition coefficient (Wildman–Crippen LogP) is 4.79. The summed E-state index contributed by atoms with van der Waals surface area (Å²) >= 11 is 0. The Morgan fingerprint density at radius 2 is 1.90 bits per heavy atom. The second-order valence-corrected chi connectivity index (χ2v) is 13.1. The summed E-state index contributed by atoms with van der Waals surface area (Å²) in [6.45, 7) is 7.18. The first kappa shape index (κ1) is 26.6. The number of aryl methyl sites for hydroxylation is 1. The number of nitrogens with one attached hydrogen (secondary N) is 1. The highest BCUT2D eigenvalue weighted by Gasteiger charge is 2.49. The topological polar surface area (TPSA) is 56.8 Å². The van der Waals surface area contributed by atoms with E-state index in [0.717, 1.165) is 79.0 Å². The molecule has 4 saturated heterocycles. The van der Waals surface area contributed by atoms with Gasteiger partial charge in [0.05, 0.1) is 17.8 Å². The lowest BCUT2D eigenvalue weighted by molar-refractivity contribution is 0.107. The summed E-state index contributed by atoms with van der Waals surface area (Å²) in [7, 11) is 0. The highest BCUT2D eigenvalue weighted by molar-refractivity contribution is 5.97. The molecule has 4 fully saturated rings. The number of alkyl halides is 1. The Morgan fingerprint density at radius 3 is 2.74 bits per heavy atom. The standard InChI is InChI=1S/C33H40F2N6O/c1-2-25-27(35)10-7-21-5-3-6-29(30(21)25)39-14-11-26-28(19-39)37-32(38-31(26)40-17-23-8-9-24(18-40)36-23)42-20-33-12-4-13-41(33)16-22(34)15-33/h3,5-7,10,22-24,36H,2,4,8-9,11-20H2,1H3/t22?,23-,24+,33?. The Kier molecular flexibility index (Phi) is 6.52. The molecule has 6 heterocycles. The molecule has 8 rings (SSSR count). The smallest absolute Gasteiger partial charge is 0.318 e. The van der Waals surface area contributed by atoms with Gasteiger partial charge in [-0.2, -0.15) is 9.97 Å². The molecule has 0 spiro atoms. The van der Waals surface area contributed by atoms with Gasteiger partial charge in [-0.05, 0) is 68.2 Å². The van der Waals surface area contributed by atoms with E-state index in [1.165, 1.54) is 18.4 Å². The van der Waals surface area contributed by atoms with Gasteiger partial charge in [-0.3, -0.25) is 4.90 Å². The molecule has 1 N–H and O–H groups in total. The van der Waals surface area contributed by atoms with Crippen LogP contribution in [0.15, 0.2) is 30.3 Å². The van der Waals surface area contributed by atoms with Gasteiger partial charge in [0.1, 0.15) is 24.4 Å². The molecule has 42 heavy (non-hydrogen) atoms. The van der Waals surface area contributed by atoms with Crippen LogP contribution in [0.3, 0.4) is 0 Å². The van der Waals surface area contributed by atoms with Gasteiger partial charge in [0.25, 0.3) is 0 Å². The molecule has 7 nitrogen and oxygen atoms in total. The lowest BCUT2D eigenvalue weighted by atomic mass is 9.95. The molecule has 222 valence electrons. The summed E-state index contributed by atoms with van der Waals surface area (Å²) in [5, 5.41) is 5.79. The SMILES string of the molecule is CCc1c(F)ccc2cccc(N3CCc4c(nc(OCC56CCCN5CC(F)C6)nc4N4C[C@H]5CC[C@@H](C4)N5)C3)c12. The van der Waals surface area contributed by atoms with Crippen LogP contribution < -0.4 is 19.9 Å². The van der Waals surface area contributed by atoms with E-state index in [9.17, 15) is 8.78 Å². The molecule has 0 radical (unpaired) electrons. The van der Waals surface area contributed by atoms with Crippen LogP contribution in [0.5, 0.6) is 6.01 Å². The van der Waals surface area contributed by atoms with E-state index >= 15 is 0 Å². The van der Waals surface area contributed by atoms with E-state index in [1.807, 2.05) is 13.0 Å². The molecule has 0 amide bonds. The second-order valence-electron chi connectivity index (χ2n) is 13.1. The highest BCUT2D eigenvalue weighted by Crippen LogP contribution is 2.41. The Labute approximate surface area is 246 Å². The molecule has 3 aromatic rings. The van der Waals surface area contributed by atoms with Gasteiger partial charge in [-0.1, -0.05) is 25.1 Å². The molecule has 2 bridgehead atoms. The molecular formula is C33H40F2N6O. The van der Waals surface area contributed by atoms with E-state index in [2.05, 4.69) is 38.2 Å². The van der Waals surface area contributed by atoms with Crippen LogP contribution in [0.1, 0.15) is 55.8 Å². The Bertz CT molecular complexity index is 1510. The normalized spacial score (nSPS) is 28.9. The number of hydrogen-bond donors (Lipinski definition) is 1. The minimum absolute atomic E-state index is 0.147. The quantitative estimate of drug-likeness (QED) is 0.455. The monoisotopic (exact) mass is 574 g/mol. The molecule has 5 aliphatic heterocycles. The average Bonchev–Trinajstić information content (AvgIpc) is 3.65. The van der Waals surface area contributed by atoms with Crippen LogP contribution in [0.2, 0.25) is 0 Å². The summed E-state index contributed by atoms with van der Waals surface area (Å²) in [4.78, 5) is 17.2. The first-order chi connectivity index (χ1) is 20.5. The number of benzene rings is 2. The third-order valence-electron chi connectivity index (χ3n) is 10.5. The van der Waals surface area contributed by atoms with Crippen LogP contribution in [0.25, 0.3) is 10.8 Å². The third kappa shape index (κ3) is 4.42. The average molecular weight is 575 g/mol. The van der Waals surface area contributed by atoms with Crippen molar-refractivity contribution in [3.8, 4) is 6.01 Å². The summed E-state index contributed by atoms with van der Waals surface area (Å²) < 4.78 is 35.8. The molecule has 0 aliphatic carbocycles. The number of piperazine rings is 1. The predicted molar refractivity (Wildman–Crippen MR) is 161 cm³/mol. The summed E-state index contributed by atoms with van der Waals surface area (Å²) in [5.74, 6) is 0.855. The number of aromatic nitrogens is 2. The fraction of sp³-hybridized carbons (Fsp3) is 0.576. The zero-order valence-electron chi connectivity index (χ0n) is 24.4. The maximum atomic E-state index is 14.9. The molecule has 9 heteroatoms. The number of nitrogens with zero attached hydrogens (tertiary/aromatic N) is 5. The van der Waals surface area contributed by atoms with Crippen molar-refractivity contribution in [1.82, 2.24) is 20.2 Å². The first-order valence-electron chi connectivity index (χ1n) is 15.9. The molecular weight excluding hydrogens is 534 g/mol. The van der Waals surface area contributed by atoms with Crippen LogP contribution in [0.4, 0.5) is 20.3 Å². The van der Waals surface area contributed by atoms with Crippen molar-refractivity contribution in [3.63, 3.8) is 0 Å². The molecule has 4 atom stereocenters. The van der Waals surface area contributed by atoms with Gasteiger partial charge in [0, 0.05) is 61.3 Å². The number of anilines is 2. The van der Waals surface area contributed by atoms with Crippen molar-refractivity contribution in [1.29, 1.82) is 0 Å². The molecule has 1 aromatic heterocycles. The van der Waals surface area contributed by atoms with Gasteiger partial charge in [0.15, 0.2) is 0 Å². The number of hydrogen-bond acceptors (Lipinski definition) is 7. The van der Waals surface area contributed by atoms with Crippen molar-refractivity contribution >= 4 is 22.3 Å². The second kappa shape index (κ2) is 10.3. The lowest BCUT2D eigenvalue weighted by Crippen LogP contribution is -2.52. The highest BCUT2D eigenvalue weighted by atomic mass is 19.1. The van der Waals surface area contributed by atoms with Crippen LogP contribution in [-0.4, -0.2) is 78.0 Å². The number of ether oxygens (including phenoxy) is 1. The first-order valence-corrected chi connectivity index (χ1v) is 15.9. The van der Waals surface area contributed by atoms with Crippen molar-refractivity contribution in [3.05, 3.63) is 53.0 Å². The van der Waals surface area contributed by atoms with Crippen molar-refractivity contribution < 1.29 is 13.5 Å². The summed E-state index contributed by atoms with van der Waals surface area (Å²) in [5.41, 5.74) is 3.75. The van der Waals surface area contributed by atoms with Crippen molar-refractivity contribution in [2.75, 3.05) is 49.1 Å². The zero-order chi connectivity index (χ0) is 28.4. The van der Waals surface area contributed by atoms with E-state index in [1.54, 1.807) is 6.07 Å². The summed E-state index contributed by atoms with van der Waals surface area (Å²) in [6.07, 6.45) is 5.62. The number of halogens is 2. The van der Waals surface area contributed by atoms with Gasteiger partial charge < -0.3 is 19.9 Å². The molecule has 5 aliphatic rings. The molecule has 0 saturated carbocycles. The Morgan fingerprint density at radius 1 is 1.05 bits per heavy atom. The largest absolute Gasteiger partial charge is 0.461 e. The minimum atomic E-state index is -0.794. The van der Waals surface area contributed by atoms with E-state index in [-0.39, 0.29) is 11.4 Å². The fourth-order valence-electron chi connectivity index (χ4n) is 8.56. The van der Waals surface area contributed by atoms with Crippen molar-refractivity contribution in [2.24, 2.45) is 0 Å². The van der Waals surface area contributed by atoms with E-state index in [0.29, 0.717) is 50.6 Å². The number of fused-ring (bicyclic) bond motifs is 5. The minimum Gasteiger partial charge on any atom is -0.461 e. The van der Waals surface area contributed by atoms with Crippen LogP contribution >= 0.6 is 0 Å². The molecule has 2 unspecified atom stereocenters. The maximum Gasteiger partial charge on any atom is 0.318 e.